The standard InChI is InChI=1S/C10H9F2N3O3/c1-4-5(3-15(2)14-4)9-13-6(8(11)12)7(18-9)10(16)17/h3,8H,1-2H3,(H,16,17). The third kappa shape index (κ3) is 1.96. The van der Waals surface area contributed by atoms with E-state index in [9.17, 15) is 13.6 Å². The maximum absolute atomic E-state index is 12.6. The van der Waals surface area contributed by atoms with Crippen molar-refractivity contribution < 1.29 is 23.1 Å². The number of halogens is 2. The summed E-state index contributed by atoms with van der Waals surface area (Å²) in [4.78, 5) is 14.3. The van der Waals surface area contributed by atoms with Crippen LogP contribution >= 0.6 is 0 Å². The summed E-state index contributed by atoms with van der Waals surface area (Å²) in [7, 11) is 1.64. The first-order valence-corrected chi connectivity index (χ1v) is 4.93. The maximum atomic E-state index is 12.6. The van der Waals surface area contributed by atoms with Gasteiger partial charge in [-0.05, 0) is 6.92 Å². The van der Waals surface area contributed by atoms with Crippen LogP contribution in [0, 0.1) is 6.92 Å². The molecule has 0 saturated heterocycles. The predicted molar refractivity (Wildman–Crippen MR) is 55.4 cm³/mol. The smallest absolute Gasteiger partial charge is 0.374 e. The number of carboxylic acid groups (broad SMARTS) is 1. The molecular formula is C10H9F2N3O3. The molecule has 0 fully saturated rings. The fourth-order valence-electron chi connectivity index (χ4n) is 1.56. The Morgan fingerprint density at radius 1 is 1.56 bits per heavy atom. The van der Waals surface area contributed by atoms with E-state index in [4.69, 9.17) is 9.52 Å². The Bertz CT molecular complexity index is 604. The molecule has 0 unspecified atom stereocenters. The fraction of sp³-hybridized carbons (Fsp3) is 0.300. The highest BCUT2D eigenvalue weighted by atomic mass is 19.3. The van der Waals surface area contributed by atoms with E-state index in [1.807, 2.05) is 0 Å². The largest absolute Gasteiger partial charge is 0.475 e. The van der Waals surface area contributed by atoms with Crippen LogP contribution in [0.1, 0.15) is 28.4 Å². The van der Waals surface area contributed by atoms with E-state index in [1.54, 1.807) is 14.0 Å². The predicted octanol–water partition coefficient (Wildman–Crippen LogP) is 2.02. The second-order valence-electron chi connectivity index (χ2n) is 3.64. The molecule has 2 aromatic rings. The Kier molecular flexibility index (Phi) is 2.85. The molecule has 0 aliphatic heterocycles. The summed E-state index contributed by atoms with van der Waals surface area (Å²) in [5.74, 6) is -2.60. The number of aryl methyl sites for hydroxylation is 2. The van der Waals surface area contributed by atoms with Crippen molar-refractivity contribution in [1.29, 1.82) is 0 Å². The third-order valence-corrected chi connectivity index (χ3v) is 2.30. The molecule has 0 aromatic carbocycles. The van der Waals surface area contributed by atoms with Crippen molar-refractivity contribution in [2.24, 2.45) is 7.05 Å². The topological polar surface area (TPSA) is 81.2 Å². The summed E-state index contributed by atoms with van der Waals surface area (Å²) in [6, 6.07) is 0. The summed E-state index contributed by atoms with van der Waals surface area (Å²) in [6.07, 6.45) is -1.49. The molecule has 0 spiro atoms. The Morgan fingerprint density at radius 3 is 2.61 bits per heavy atom. The lowest BCUT2D eigenvalue weighted by Gasteiger charge is -1.91. The van der Waals surface area contributed by atoms with Gasteiger partial charge in [-0.2, -0.15) is 5.10 Å². The molecule has 0 bridgehead atoms. The van der Waals surface area contributed by atoms with Gasteiger partial charge in [-0.25, -0.2) is 18.6 Å². The monoisotopic (exact) mass is 257 g/mol. The lowest BCUT2D eigenvalue weighted by molar-refractivity contribution is 0.0647. The number of rotatable bonds is 3. The summed E-state index contributed by atoms with van der Waals surface area (Å²) in [5.41, 5.74) is 0.0177. The first-order valence-electron chi connectivity index (χ1n) is 4.93. The first-order chi connectivity index (χ1) is 8.40. The van der Waals surface area contributed by atoms with Crippen molar-refractivity contribution in [3.05, 3.63) is 23.3 Å². The molecule has 8 heteroatoms. The molecule has 0 saturated carbocycles. The van der Waals surface area contributed by atoms with E-state index >= 15 is 0 Å². The number of aromatic carboxylic acids is 1. The van der Waals surface area contributed by atoms with Gasteiger partial charge < -0.3 is 9.52 Å². The summed E-state index contributed by atoms with van der Waals surface area (Å²) in [5, 5.41) is 12.8. The highest BCUT2D eigenvalue weighted by molar-refractivity contribution is 5.86. The minimum absolute atomic E-state index is 0.173. The van der Waals surface area contributed by atoms with E-state index in [1.165, 1.54) is 10.9 Å². The zero-order valence-corrected chi connectivity index (χ0v) is 9.52. The van der Waals surface area contributed by atoms with Crippen molar-refractivity contribution in [2.45, 2.75) is 13.3 Å². The SMILES string of the molecule is Cc1nn(C)cc1-c1nc(C(F)F)c(C(=O)O)o1. The molecule has 2 rings (SSSR count). The molecule has 0 amide bonds. The van der Waals surface area contributed by atoms with Gasteiger partial charge in [-0.3, -0.25) is 4.68 Å². The maximum Gasteiger partial charge on any atom is 0.374 e. The quantitative estimate of drug-likeness (QED) is 0.909. The highest BCUT2D eigenvalue weighted by Crippen LogP contribution is 2.29. The Morgan fingerprint density at radius 2 is 2.22 bits per heavy atom. The van der Waals surface area contributed by atoms with Crippen LogP contribution in [0.4, 0.5) is 8.78 Å². The van der Waals surface area contributed by atoms with Crippen LogP contribution in [0.5, 0.6) is 0 Å². The van der Waals surface area contributed by atoms with Crippen LogP contribution in [-0.4, -0.2) is 25.8 Å². The Labute approximate surface area is 99.9 Å². The van der Waals surface area contributed by atoms with E-state index in [-0.39, 0.29) is 5.89 Å². The molecule has 6 nitrogen and oxygen atoms in total. The van der Waals surface area contributed by atoms with E-state index in [0.29, 0.717) is 11.3 Å². The van der Waals surface area contributed by atoms with Crippen molar-refractivity contribution >= 4 is 5.97 Å². The number of nitrogens with zero attached hydrogens (tertiary/aromatic N) is 3. The number of carbonyl (C=O) groups is 1. The molecule has 2 heterocycles. The molecule has 96 valence electrons. The van der Waals surface area contributed by atoms with Crippen LogP contribution in [0.2, 0.25) is 0 Å². The molecule has 0 aliphatic rings. The van der Waals surface area contributed by atoms with Gasteiger partial charge in [0, 0.05) is 13.2 Å². The number of hydrogen-bond donors (Lipinski definition) is 1. The van der Waals surface area contributed by atoms with E-state index < -0.39 is 23.8 Å². The van der Waals surface area contributed by atoms with Gasteiger partial charge in [-0.15, -0.1) is 0 Å². The van der Waals surface area contributed by atoms with Gasteiger partial charge >= 0.3 is 5.97 Å². The van der Waals surface area contributed by atoms with E-state index in [2.05, 4.69) is 10.1 Å². The minimum atomic E-state index is -3.01. The average Bonchev–Trinajstić information content (AvgIpc) is 2.81. The van der Waals surface area contributed by atoms with Crippen LogP contribution < -0.4 is 0 Å². The van der Waals surface area contributed by atoms with Crippen LogP contribution in [0.25, 0.3) is 11.5 Å². The zero-order valence-electron chi connectivity index (χ0n) is 9.52. The van der Waals surface area contributed by atoms with Gasteiger partial charge in [0.15, 0.2) is 5.69 Å². The summed E-state index contributed by atoms with van der Waals surface area (Å²) < 4.78 is 31.6. The van der Waals surface area contributed by atoms with E-state index in [0.717, 1.165) is 0 Å². The van der Waals surface area contributed by atoms with Gasteiger partial charge in [0.05, 0.1) is 11.3 Å². The molecule has 0 radical (unpaired) electrons. The van der Waals surface area contributed by atoms with Crippen molar-refractivity contribution in [3.8, 4) is 11.5 Å². The van der Waals surface area contributed by atoms with Crippen LogP contribution in [0.15, 0.2) is 10.6 Å². The van der Waals surface area contributed by atoms with Crippen LogP contribution in [0.3, 0.4) is 0 Å². The lowest BCUT2D eigenvalue weighted by Crippen LogP contribution is -1.99. The minimum Gasteiger partial charge on any atom is -0.475 e. The molecule has 1 N–H and O–H groups in total. The van der Waals surface area contributed by atoms with Gasteiger partial charge in [0.2, 0.25) is 11.7 Å². The normalized spacial score (nSPS) is 11.2. The number of hydrogen-bond acceptors (Lipinski definition) is 4. The van der Waals surface area contributed by atoms with Gasteiger partial charge in [-0.1, -0.05) is 0 Å². The first kappa shape index (κ1) is 12.2. The van der Waals surface area contributed by atoms with Gasteiger partial charge in [0.1, 0.15) is 0 Å². The lowest BCUT2D eigenvalue weighted by atomic mass is 10.3. The van der Waals surface area contributed by atoms with Crippen LogP contribution in [-0.2, 0) is 7.05 Å². The molecular weight excluding hydrogens is 248 g/mol. The fourth-order valence-corrected chi connectivity index (χ4v) is 1.56. The number of carboxylic acids is 1. The Balaban J connectivity index is 2.56. The molecule has 0 atom stereocenters. The second kappa shape index (κ2) is 4.21. The Hall–Kier alpha value is -2.25. The average molecular weight is 257 g/mol. The molecule has 0 aliphatic carbocycles. The van der Waals surface area contributed by atoms with Crippen molar-refractivity contribution in [1.82, 2.24) is 14.8 Å². The van der Waals surface area contributed by atoms with Crippen molar-refractivity contribution in [2.75, 3.05) is 0 Å². The zero-order chi connectivity index (χ0) is 13.4. The second-order valence-corrected chi connectivity index (χ2v) is 3.64. The highest BCUT2D eigenvalue weighted by Gasteiger charge is 2.27. The third-order valence-electron chi connectivity index (χ3n) is 2.30. The van der Waals surface area contributed by atoms with Gasteiger partial charge in [0.25, 0.3) is 6.43 Å². The number of aromatic nitrogens is 3. The summed E-state index contributed by atoms with van der Waals surface area (Å²) >= 11 is 0. The number of oxazole rings is 1. The number of alkyl halides is 2. The molecule has 2 aromatic heterocycles. The summed E-state index contributed by atoms with van der Waals surface area (Å²) in [6.45, 7) is 1.64. The molecule has 18 heavy (non-hydrogen) atoms. The van der Waals surface area contributed by atoms with Crippen molar-refractivity contribution in [3.63, 3.8) is 0 Å².